The first-order chi connectivity index (χ1) is 18.6. The third-order valence-corrected chi connectivity index (χ3v) is 10.0. The molecular weight excluding hydrogens is 550 g/mol. The van der Waals surface area contributed by atoms with Crippen molar-refractivity contribution in [1.82, 2.24) is 9.88 Å². The summed E-state index contributed by atoms with van der Waals surface area (Å²) in [5.74, 6) is 0.744. The molecule has 0 fully saturated rings. The van der Waals surface area contributed by atoms with E-state index in [9.17, 15) is 4.79 Å². The lowest BCUT2D eigenvalue weighted by atomic mass is 10.0. The smallest absolute Gasteiger partial charge is 0.225 e. The van der Waals surface area contributed by atoms with Crippen molar-refractivity contribution in [3.05, 3.63) is 99.9 Å². The van der Waals surface area contributed by atoms with Gasteiger partial charge in [0.05, 0.1) is 10.2 Å². The summed E-state index contributed by atoms with van der Waals surface area (Å²) in [5, 5.41) is 5.90. The predicted molar refractivity (Wildman–Crippen MR) is 163 cm³/mol. The third kappa shape index (κ3) is 5.82. The average molecular weight is 576 g/mol. The molecule has 4 nitrogen and oxygen atoms in total. The lowest BCUT2D eigenvalue weighted by Gasteiger charge is -2.27. The molecule has 1 aliphatic heterocycles. The van der Waals surface area contributed by atoms with Crippen LogP contribution >= 0.6 is 46.0 Å². The molecule has 3 heterocycles. The number of para-hydroxylation sites is 1. The minimum absolute atomic E-state index is 0.0357. The first-order valence-corrected chi connectivity index (χ1v) is 15.6. The second-order valence-corrected chi connectivity index (χ2v) is 13.0. The van der Waals surface area contributed by atoms with E-state index in [-0.39, 0.29) is 5.91 Å². The van der Waals surface area contributed by atoms with E-state index < -0.39 is 0 Å². The van der Waals surface area contributed by atoms with E-state index in [0.717, 1.165) is 57.1 Å². The van der Waals surface area contributed by atoms with Gasteiger partial charge in [-0.15, -0.1) is 34.4 Å². The molecule has 0 spiro atoms. The van der Waals surface area contributed by atoms with Crippen molar-refractivity contribution in [2.45, 2.75) is 30.8 Å². The van der Waals surface area contributed by atoms with Crippen LogP contribution in [-0.2, 0) is 24.3 Å². The molecule has 0 bridgehead atoms. The Hall–Kier alpha value is -2.68. The van der Waals surface area contributed by atoms with E-state index in [2.05, 4.69) is 58.7 Å². The highest BCUT2D eigenvalue weighted by Gasteiger charge is 2.27. The minimum atomic E-state index is 0.0357. The number of amides is 1. The maximum atomic E-state index is 13.1. The molecular formula is C30H26ClN3OS3. The first-order valence-electron chi connectivity index (χ1n) is 12.6. The molecule has 2 aromatic heterocycles. The lowest BCUT2D eigenvalue weighted by molar-refractivity contribution is -0.115. The van der Waals surface area contributed by atoms with Gasteiger partial charge in [-0.25, -0.2) is 4.98 Å². The number of hydrogen-bond acceptors (Lipinski definition) is 6. The number of carbonyl (C=O) groups is 1. The van der Waals surface area contributed by atoms with Crippen LogP contribution in [0.25, 0.3) is 20.8 Å². The topological polar surface area (TPSA) is 45.2 Å². The molecule has 3 aromatic carbocycles. The summed E-state index contributed by atoms with van der Waals surface area (Å²) in [6.45, 7) is 2.80. The van der Waals surface area contributed by atoms with Gasteiger partial charge in [0.25, 0.3) is 0 Å². The minimum Gasteiger partial charge on any atom is -0.317 e. The van der Waals surface area contributed by atoms with Crippen molar-refractivity contribution in [2.24, 2.45) is 0 Å². The van der Waals surface area contributed by atoms with E-state index in [1.54, 1.807) is 34.4 Å². The van der Waals surface area contributed by atoms with Crippen molar-refractivity contribution in [2.75, 3.05) is 17.6 Å². The molecule has 0 saturated carbocycles. The Morgan fingerprint density at radius 3 is 2.61 bits per heavy atom. The quantitative estimate of drug-likeness (QED) is 0.189. The SMILES string of the molecule is O=C(CCSc1ccc(Cl)cc1)Nc1sc2c(c1-c1nc3ccccc3s1)CCN(Cc1ccccc1)C2. The van der Waals surface area contributed by atoms with E-state index in [1.165, 1.54) is 20.7 Å². The second kappa shape index (κ2) is 11.6. The lowest BCUT2D eigenvalue weighted by Crippen LogP contribution is -2.29. The summed E-state index contributed by atoms with van der Waals surface area (Å²) in [4.78, 5) is 23.0. The fourth-order valence-corrected chi connectivity index (χ4v) is 8.10. The number of halogens is 1. The highest BCUT2D eigenvalue weighted by molar-refractivity contribution is 7.99. The Balaban J connectivity index is 1.23. The zero-order valence-electron chi connectivity index (χ0n) is 20.7. The number of hydrogen-bond donors (Lipinski definition) is 1. The van der Waals surface area contributed by atoms with Gasteiger partial charge in [-0.3, -0.25) is 9.69 Å². The summed E-state index contributed by atoms with van der Waals surface area (Å²) < 4.78 is 1.17. The zero-order chi connectivity index (χ0) is 25.9. The zero-order valence-corrected chi connectivity index (χ0v) is 23.9. The maximum absolute atomic E-state index is 13.1. The molecule has 6 rings (SSSR count). The Labute approximate surface area is 239 Å². The fraction of sp³-hybridized carbons (Fsp3) is 0.200. The van der Waals surface area contributed by atoms with Crippen molar-refractivity contribution >= 4 is 67.2 Å². The summed E-state index contributed by atoms with van der Waals surface area (Å²) in [7, 11) is 0. The third-order valence-electron chi connectivity index (χ3n) is 6.56. The number of aromatic nitrogens is 1. The van der Waals surface area contributed by atoms with Gasteiger partial charge in [0, 0.05) is 52.2 Å². The molecule has 38 heavy (non-hydrogen) atoms. The second-order valence-electron chi connectivity index (χ2n) is 9.24. The molecule has 0 saturated heterocycles. The van der Waals surface area contributed by atoms with Crippen LogP contribution in [0.2, 0.25) is 5.02 Å². The molecule has 0 radical (unpaired) electrons. The van der Waals surface area contributed by atoms with Crippen molar-refractivity contribution in [3.8, 4) is 10.6 Å². The van der Waals surface area contributed by atoms with Gasteiger partial charge in [0.1, 0.15) is 10.0 Å². The van der Waals surface area contributed by atoms with Crippen LogP contribution in [0.15, 0.2) is 83.8 Å². The molecule has 0 aliphatic carbocycles. The van der Waals surface area contributed by atoms with Crippen LogP contribution in [0, 0.1) is 0 Å². The van der Waals surface area contributed by atoms with Crippen LogP contribution in [-0.4, -0.2) is 28.1 Å². The molecule has 1 aliphatic rings. The Morgan fingerprint density at radius 1 is 1.00 bits per heavy atom. The van der Waals surface area contributed by atoms with E-state index in [4.69, 9.17) is 16.6 Å². The normalized spacial score (nSPS) is 13.5. The maximum Gasteiger partial charge on any atom is 0.225 e. The summed E-state index contributed by atoms with van der Waals surface area (Å²) in [5.41, 5.74) is 4.78. The van der Waals surface area contributed by atoms with Gasteiger partial charge in [0.15, 0.2) is 0 Å². The summed E-state index contributed by atoms with van der Waals surface area (Å²) in [6, 6.07) is 26.6. The number of thioether (sulfide) groups is 1. The number of fused-ring (bicyclic) bond motifs is 2. The van der Waals surface area contributed by atoms with Crippen LogP contribution < -0.4 is 5.32 Å². The average Bonchev–Trinajstić information content (AvgIpc) is 3.50. The van der Waals surface area contributed by atoms with Gasteiger partial charge >= 0.3 is 0 Å². The van der Waals surface area contributed by atoms with Gasteiger partial charge in [-0.1, -0.05) is 54.1 Å². The van der Waals surface area contributed by atoms with Crippen LogP contribution in [0.5, 0.6) is 0 Å². The molecule has 0 atom stereocenters. The number of anilines is 1. The van der Waals surface area contributed by atoms with Crippen molar-refractivity contribution < 1.29 is 4.79 Å². The highest BCUT2D eigenvalue weighted by atomic mass is 35.5. The number of carbonyl (C=O) groups excluding carboxylic acids is 1. The predicted octanol–water partition coefficient (Wildman–Crippen LogP) is 8.36. The molecule has 5 aromatic rings. The fourth-order valence-electron chi connectivity index (χ4n) is 4.71. The van der Waals surface area contributed by atoms with Gasteiger partial charge in [-0.2, -0.15) is 0 Å². The molecule has 1 N–H and O–H groups in total. The van der Waals surface area contributed by atoms with Crippen LogP contribution in [0.1, 0.15) is 22.4 Å². The van der Waals surface area contributed by atoms with E-state index in [1.807, 2.05) is 30.3 Å². The van der Waals surface area contributed by atoms with Crippen LogP contribution in [0.4, 0.5) is 5.00 Å². The van der Waals surface area contributed by atoms with Gasteiger partial charge in [0.2, 0.25) is 5.91 Å². The molecule has 192 valence electrons. The number of thiophene rings is 1. The van der Waals surface area contributed by atoms with Crippen molar-refractivity contribution in [1.29, 1.82) is 0 Å². The van der Waals surface area contributed by atoms with Gasteiger partial charge < -0.3 is 5.32 Å². The molecule has 1 amide bonds. The number of thiazole rings is 1. The van der Waals surface area contributed by atoms with Gasteiger partial charge in [-0.05, 0) is 53.9 Å². The largest absolute Gasteiger partial charge is 0.317 e. The molecule has 0 unspecified atom stereocenters. The first kappa shape index (κ1) is 25.6. The Bertz CT molecular complexity index is 1530. The van der Waals surface area contributed by atoms with E-state index >= 15 is 0 Å². The van der Waals surface area contributed by atoms with Crippen LogP contribution in [0.3, 0.4) is 0 Å². The van der Waals surface area contributed by atoms with Crippen molar-refractivity contribution in [3.63, 3.8) is 0 Å². The monoisotopic (exact) mass is 575 g/mol. The number of nitrogens with one attached hydrogen (secondary N) is 1. The Kier molecular flexibility index (Phi) is 7.81. The number of benzene rings is 3. The van der Waals surface area contributed by atoms with E-state index in [0.29, 0.717) is 12.2 Å². The molecule has 8 heteroatoms. The Morgan fingerprint density at radius 2 is 1.79 bits per heavy atom. The standard InChI is InChI=1S/C30H26ClN3OS3/c31-21-10-12-22(13-11-21)36-17-15-27(35)33-30-28(29-32-24-8-4-5-9-25(24)37-29)23-14-16-34(19-26(23)38-30)18-20-6-2-1-3-7-20/h1-13H,14-19H2,(H,33,35). The number of nitrogens with zero attached hydrogens (tertiary/aromatic N) is 2. The summed E-state index contributed by atoms with van der Waals surface area (Å²) in [6.07, 6.45) is 1.39. The number of rotatable bonds is 8. The summed E-state index contributed by atoms with van der Waals surface area (Å²) >= 11 is 11.1. The highest BCUT2D eigenvalue weighted by Crippen LogP contribution is 2.46.